The van der Waals surface area contributed by atoms with Gasteiger partial charge in [0, 0.05) is 12.1 Å². The summed E-state index contributed by atoms with van der Waals surface area (Å²) in [5, 5.41) is 18.4. The van der Waals surface area contributed by atoms with Crippen molar-refractivity contribution in [2.24, 2.45) is 0 Å². The van der Waals surface area contributed by atoms with Crippen LogP contribution in [0.4, 0.5) is 0 Å². The van der Waals surface area contributed by atoms with E-state index in [0.29, 0.717) is 22.9 Å². The van der Waals surface area contributed by atoms with Crippen LogP contribution in [0, 0.1) is 11.3 Å². The molecule has 0 saturated carbocycles. The molecule has 4 aromatic rings. The largest absolute Gasteiger partial charge is 0.493 e. The molecule has 0 unspecified atom stereocenters. The number of hydrogen-bond acceptors (Lipinski definition) is 7. The minimum absolute atomic E-state index is 0.0907. The van der Waals surface area contributed by atoms with Gasteiger partial charge in [0.1, 0.15) is 11.9 Å². The summed E-state index contributed by atoms with van der Waals surface area (Å²) in [7, 11) is 1.47. The van der Waals surface area contributed by atoms with Crippen LogP contribution in [-0.4, -0.2) is 44.5 Å². The average molecular weight is 447 g/mol. The molecule has 2 heterocycles. The van der Waals surface area contributed by atoms with Gasteiger partial charge >= 0.3 is 5.69 Å². The molecule has 4 rings (SSSR count). The molecule has 0 amide bonds. The van der Waals surface area contributed by atoms with E-state index in [9.17, 15) is 14.7 Å². The van der Waals surface area contributed by atoms with E-state index < -0.39 is 11.2 Å². The summed E-state index contributed by atoms with van der Waals surface area (Å²) in [6.45, 7) is -0.0731. The second-order valence-corrected chi connectivity index (χ2v) is 7.13. The first-order chi connectivity index (χ1) is 16.1. The molecule has 2 N–H and O–H groups in total. The molecule has 0 bridgehead atoms. The zero-order valence-electron chi connectivity index (χ0n) is 17.8. The third-order valence-electron chi connectivity index (χ3n) is 5.11. The monoisotopic (exact) mass is 447 g/mol. The number of imidazole rings is 1. The fourth-order valence-corrected chi connectivity index (χ4v) is 3.66. The number of ether oxygens (including phenoxy) is 2. The number of aromatic amines is 1. The van der Waals surface area contributed by atoms with Crippen molar-refractivity contribution in [2.45, 2.75) is 13.1 Å². The molecule has 10 nitrogen and oxygen atoms in total. The van der Waals surface area contributed by atoms with Crippen molar-refractivity contribution in [3.63, 3.8) is 0 Å². The fraction of sp³-hybridized carbons (Fsp3) is 0.217. The predicted molar refractivity (Wildman–Crippen MR) is 120 cm³/mol. The van der Waals surface area contributed by atoms with Gasteiger partial charge in [-0.15, -0.1) is 0 Å². The summed E-state index contributed by atoms with van der Waals surface area (Å²) in [4.78, 5) is 32.4. The number of nitrogens with one attached hydrogen (secondary N) is 1. The van der Waals surface area contributed by atoms with E-state index in [1.807, 2.05) is 36.4 Å². The van der Waals surface area contributed by atoms with Gasteiger partial charge in [-0.25, -0.2) is 9.78 Å². The molecule has 0 fully saturated rings. The number of rotatable bonds is 8. The van der Waals surface area contributed by atoms with E-state index in [2.05, 4.69) is 9.97 Å². The molecule has 0 aliphatic rings. The highest BCUT2D eigenvalue weighted by atomic mass is 16.5. The Hall–Kier alpha value is -4.36. The lowest BCUT2D eigenvalue weighted by molar-refractivity contribution is 0.278. The lowest BCUT2D eigenvalue weighted by Gasteiger charge is -2.11. The van der Waals surface area contributed by atoms with Gasteiger partial charge < -0.3 is 19.1 Å². The summed E-state index contributed by atoms with van der Waals surface area (Å²) >= 11 is 0. The van der Waals surface area contributed by atoms with E-state index in [1.165, 1.54) is 11.7 Å². The second kappa shape index (κ2) is 9.42. The molecular formula is C23H21N5O5. The Kier molecular flexibility index (Phi) is 6.24. The molecule has 0 saturated heterocycles. The van der Waals surface area contributed by atoms with Crippen LogP contribution in [0.2, 0.25) is 0 Å². The Labute approximate surface area is 187 Å². The van der Waals surface area contributed by atoms with Gasteiger partial charge in [-0.3, -0.25) is 14.3 Å². The van der Waals surface area contributed by atoms with E-state index in [1.54, 1.807) is 22.8 Å². The SMILES string of the molecule is COc1cc(-c2nc3c(c(=O)[nH]c(=O)n3Cc3ccccc3)n2CCO)ccc1OCC#N. The van der Waals surface area contributed by atoms with Crippen molar-refractivity contribution in [1.29, 1.82) is 5.26 Å². The van der Waals surface area contributed by atoms with Crippen LogP contribution in [-0.2, 0) is 13.1 Å². The van der Waals surface area contributed by atoms with Crippen LogP contribution in [0.15, 0.2) is 58.1 Å². The average Bonchev–Trinajstić information content (AvgIpc) is 3.21. The molecule has 0 aliphatic heterocycles. The van der Waals surface area contributed by atoms with E-state index >= 15 is 0 Å². The maximum atomic E-state index is 12.8. The molecule has 0 atom stereocenters. The number of fused-ring (bicyclic) bond motifs is 1. The quantitative estimate of drug-likeness (QED) is 0.418. The van der Waals surface area contributed by atoms with Gasteiger partial charge in [-0.2, -0.15) is 5.26 Å². The molecule has 2 aromatic heterocycles. The Balaban J connectivity index is 1.92. The summed E-state index contributed by atoms with van der Waals surface area (Å²) in [5.41, 5.74) is 0.672. The molecule has 168 valence electrons. The maximum Gasteiger partial charge on any atom is 0.330 e. The third kappa shape index (κ3) is 4.22. The molecule has 33 heavy (non-hydrogen) atoms. The highest BCUT2D eigenvalue weighted by Gasteiger charge is 2.20. The van der Waals surface area contributed by atoms with Crippen LogP contribution in [0.3, 0.4) is 0 Å². The summed E-state index contributed by atoms with van der Waals surface area (Å²) in [6, 6.07) is 16.3. The summed E-state index contributed by atoms with van der Waals surface area (Å²) < 4.78 is 13.7. The normalized spacial score (nSPS) is 10.8. The van der Waals surface area contributed by atoms with Crippen LogP contribution >= 0.6 is 0 Å². The molecular weight excluding hydrogens is 426 g/mol. The predicted octanol–water partition coefficient (Wildman–Crippen LogP) is 1.50. The number of aromatic nitrogens is 4. The lowest BCUT2D eigenvalue weighted by atomic mass is 10.2. The first-order valence-corrected chi connectivity index (χ1v) is 10.1. The maximum absolute atomic E-state index is 12.8. The highest BCUT2D eigenvalue weighted by Crippen LogP contribution is 2.33. The fourth-order valence-electron chi connectivity index (χ4n) is 3.66. The first-order valence-electron chi connectivity index (χ1n) is 10.1. The standard InChI is InChI=1S/C23H21N5O5/c1-32-18-13-16(7-8-17(18)33-12-9-24)20-25-21-19(27(20)10-11-29)22(30)26-23(31)28(21)14-15-5-3-2-4-6-15/h2-8,13,29H,10-12,14H2,1H3,(H,26,30,31). The van der Waals surface area contributed by atoms with Crippen LogP contribution in [0.1, 0.15) is 5.56 Å². The molecule has 0 radical (unpaired) electrons. The molecule has 2 aromatic carbocycles. The van der Waals surface area contributed by atoms with E-state index in [4.69, 9.17) is 14.7 Å². The Morgan fingerprint density at radius 3 is 2.61 bits per heavy atom. The second-order valence-electron chi connectivity index (χ2n) is 7.13. The Morgan fingerprint density at radius 2 is 1.91 bits per heavy atom. The highest BCUT2D eigenvalue weighted by molar-refractivity contribution is 5.77. The zero-order chi connectivity index (χ0) is 23.4. The van der Waals surface area contributed by atoms with Crippen molar-refractivity contribution in [3.8, 4) is 29.0 Å². The van der Waals surface area contributed by atoms with Crippen molar-refractivity contribution >= 4 is 11.2 Å². The van der Waals surface area contributed by atoms with Gasteiger partial charge in [-0.1, -0.05) is 30.3 Å². The summed E-state index contributed by atoms with van der Waals surface area (Å²) in [6.07, 6.45) is 0. The smallest absolute Gasteiger partial charge is 0.330 e. The number of hydrogen-bond donors (Lipinski definition) is 2. The van der Waals surface area contributed by atoms with E-state index in [-0.39, 0.29) is 37.5 Å². The minimum atomic E-state index is -0.590. The number of H-pyrrole nitrogens is 1. The Bertz CT molecular complexity index is 1450. The zero-order valence-corrected chi connectivity index (χ0v) is 17.8. The van der Waals surface area contributed by atoms with Crippen molar-refractivity contribution < 1.29 is 14.6 Å². The third-order valence-corrected chi connectivity index (χ3v) is 5.11. The molecule has 0 spiro atoms. The molecule has 0 aliphatic carbocycles. The number of nitriles is 1. The number of nitrogens with zero attached hydrogens (tertiary/aromatic N) is 4. The van der Waals surface area contributed by atoms with Gasteiger partial charge in [0.15, 0.2) is 29.3 Å². The first kappa shape index (κ1) is 21.9. The number of aliphatic hydroxyl groups excluding tert-OH is 1. The van der Waals surface area contributed by atoms with Gasteiger partial charge in [0.05, 0.1) is 20.3 Å². The van der Waals surface area contributed by atoms with Gasteiger partial charge in [-0.05, 0) is 23.8 Å². The van der Waals surface area contributed by atoms with E-state index in [0.717, 1.165) is 5.56 Å². The summed E-state index contributed by atoms with van der Waals surface area (Å²) in [5.74, 6) is 1.13. The number of benzene rings is 2. The Morgan fingerprint density at radius 1 is 1.12 bits per heavy atom. The lowest BCUT2D eigenvalue weighted by Crippen LogP contribution is -2.31. The van der Waals surface area contributed by atoms with Crippen molar-refractivity contribution in [3.05, 3.63) is 74.9 Å². The minimum Gasteiger partial charge on any atom is -0.493 e. The van der Waals surface area contributed by atoms with Crippen LogP contribution in [0.5, 0.6) is 11.5 Å². The number of aliphatic hydroxyl groups is 1. The molecule has 10 heteroatoms. The topological polar surface area (TPSA) is 135 Å². The van der Waals surface area contributed by atoms with Crippen LogP contribution in [0.25, 0.3) is 22.6 Å². The van der Waals surface area contributed by atoms with Crippen molar-refractivity contribution in [1.82, 2.24) is 19.1 Å². The van der Waals surface area contributed by atoms with Crippen LogP contribution < -0.4 is 20.7 Å². The van der Waals surface area contributed by atoms with Gasteiger partial charge in [0.2, 0.25) is 0 Å². The van der Waals surface area contributed by atoms with Gasteiger partial charge in [0.25, 0.3) is 5.56 Å². The van der Waals surface area contributed by atoms with Crippen molar-refractivity contribution in [2.75, 3.05) is 20.3 Å². The number of methoxy groups -OCH3 is 1.